The average Bonchev–Trinajstić information content (AvgIpc) is 2.85. The Morgan fingerprint density at radius 1 is 0.969 bits per heavy atom. The highest BCUT2D eigenvalue weighted by Gasteiger charge is 2.35. The summed E-state index contributed by atoms with van der Waals surface area (Å²) in [5.74, 6) is -1.65. The van der Waals surface area contributed by atoms with E-state index < -0.39 is 12.0 Å². The van der Waals surface area contributed by atoms with Crippen LogP contribution >= 0.6 is 11.6 Å². The number of carbonyl (C=O) groups excluding carboxylic acids is 2. The summed E-state index contributed by atoms with van der Waals surface area (Å²) in [6.45, 7) is 0.108. The maximum Gasteiger partial charge on any atom is 0.335 e. The summed E-state index contributed by atoms with van der Waals surface area (Å²) in [7, 11) is 0. The Kier molecular flexibility index (Phi) is 5.83. The van der Waals surface area contributed by atoms with Gasteiger partial charge < -0.3 is 20.4 Å². The zero-order valence-electron chi connectivity index (χ0n) is 16.8. The van der Waals surface area contributed by atoms with Gasteiger partial charge in [-0.15, -0.1) is 0 Å². The summed E-state index contributed by atoms with van der Waals surface area (Å²) in [5, 5.41) is 21.9. The van der Waals surface area contributed by atoms with Crippen LogP contribution in [0.4, 0.5) is 5.69 Å². The van der Waals surface area contributed by atoms with Gasteiger partial charge in [0.1, 0.15) is 11.8 Å². The van der Waals surface area contributed by atoms with E-state index in [1.807, 2.05) is 0 Å². The molecule has 8 heteroatoms. The fourth-order valence-electron chi connectivity index (χ4n) is 3.65. The van der Waals surface area contributed by atoms with Crippen molar-refractivity contribution in [1.29, 1.82) is 0 Å². The Balaban J connectivity index is 1.72. The van der Waals surface area contributed by atoms with Crippen LogP contribution in [0.25, 0.3) is 0 Å². The van der Waals surface area contributed by atoms with E-state index >= 15 is 0 Å². The molecule has 2 amide bonds. The van der Waals surface area contributed by atoms with E-state index in [2.05, 4.69) is 5.32 Å². The first-order valence-corrected chi connectivity index (χ1v) is 10.2. The monoisotopic (exact) mass is 450 g/mol. The molecule has 4 rings (SSSR count). The third-order valence-corrected chi connectivity index (χ3v) is 5.56. The number of phenolic OH excluding ortho intramolecular Hbond substituents is 1. The third-order valence-electron chi connectivity index (χ3n) is 5.33. The predicted molar refractivity (Wildman–Crippen MR) is 119 cm³/mol. The van der Waals surface area contributed by atoms with Crippen LogP contribution in [0.5, 0.6) is 5.75 Å². The van der Waals surface area contributed by atoms with Gasteiger partial charge in [0.15, 0.2) is 0 Å². The first kappa shape index (κ1) is 21.4. The van der Waals surface area contributed by atoms with Crippen molar-refractivity contribution in [3.05, 3.63) is 94.0 Å². The number of nitrogens with one attached hydrogen (secondary N) is 1. The number of hydrogen-bond acceptors (Lipinski definition) is 4. The van der Waals surface area contributed by atoms with Crippen molar-refractivity contribution in [3.63, 3.8) is 0 Å². The van der Waals surface area contributed by atoms with Gasteiger partial charge in [0.25, 0.3) is 5.91 Å². The molecule has 7 nitrogen and oxygen atoms in total. The molecule has 0 aromatic heterocycles. The molecular weight excluding hydrogens is 432 g/mol. The van der Waals surface area contributed by atoms with Crippen LogP contribution in [0.1, 0.15) is 31.8 Å². The fraction of sp³-hybridized carbons (Fsp3) is 0.125. The van der Waals surface area contributed by atoms with E-state index in [0.717, 1.165) is 5.56 Å². The zero-order chi connectivity index (χ0) is 22.8. The number of hydrogen-bond donors (Lipinski definition) is 3. The van der Waals surface area contributed by atoms with Crippen molar-refractivity contribution >= 4 is 35.1 Å². The maximum atomic E-state index is 13.5. The lowest BCUT2D eigenvalue weighted by Crippen LogP contribution is -2.46. The minimum atomic E-state index is -1.04. The van der Waals surface area contributed by atoms with Crippen molar-refractivity contribution in [2.24, 2.45) is 0 Å². The topological polar surface area (TPSA) is 107 Å². The molecule has 3 N–H and O–H groups in total. The van der Waals surface area contributed by atoms with Crippen LogP contribution in [0.15, 0.2) is 66.7 Å². The number of benzene rings is 3. The molecule has 0 fully saturated rings. The highest BCUT2D eigenvalue weighted by molar-refractivity contribution is 6.31. The first-order valence-electron chi connectivity index (χ1n) is 9.83. The lowest BCUT2D eigenvalue weighted by molar-refractivity contribution is -0.120. The predicted octanol–water partition coefficient (Wildman–Crippen LogP) is 3.95. The molecule has 0 saturated heterocycles. The van der Waals surface area contributed by atoms with E-state index in [-0.39, 0.29) is 36.1 Å². The Morgan fingerprint density at radius 2 is 1.62 bits per heavy atom. The Bertz CT molecular complexity index is 1190. The zero-order valence-corrected chi connectivity index (χ0v) is 17.5. The number of carbonyl (C=O) groups is 3. The Labute approximate surface area is 188 Å². The number of anilines is 1. The quantitative estimate of drug-likeness (QED) is 0.545. The summed E-state index contributed by atoms with van der Waals surface area (Å²) in [4.78, 5) is 39.3. The lowest BCUT2D eigenvalue weighted by Gasteiger charge is -2.29. The highest BCUT2D eigenvalue weighted by atomic mass is 35.5. The smallest absolute Gasteiger partial charge is 0.335 e. The number of carboxylic acids is 1. The molecule has 1 unspecified atom stereocenters. The van der Waals surface area contributed by atoms with Gasteiger partial charge in [-0.05, 0) is 53.6 Å². The summed E-state index contributed by atoms with van der Waals surface area (Å²) >= 11 is 6.07. The van der Waals surface area contributed by atoms with E-state index in [9.17, 15) is 19.5 Å². The van der Waals surface area contributed by atoms with E-state index in [4.69, 9.17) is 16.7 Å². The third kappa shape index (κ3) is 4.43. The molecule has 3 aromatic carbocycles. The van der Waals surface area contributed by atoms with Crippen molar-refractivity contribution in [2.45, 2.75) is 19.0 Å². The number of aromatic hydroxyl groups is 1. The Hall–Kier alpha value is -3.84. The van der Waals surface area contributed by atoms with Crippen LogP contribution in [-0.4, -0.2) is 38.9 Å². The Morgan fingerprint density at radius 3 is 2.28 bits per heavy atom. The number of halogens is 1. The van der Waals surface area contributed by atoms with Crippen LogP contribution in [0, 0.1) is 0 Å². The number of carboxylic acid groups (broad SMARTS) is 1. The standard InChI is InChI=1S/C24H19ClN2O5/c25-17-7-10-19-20(12-17)26-22(29)21(11-14-3-8-18(28)9-4-14)27(23(19)30)13-15-1-5-16(6-2-15)24(31)32/h1-10,12,21,28H,11,13H2,(H,26,29)(H,31,32). The lowest BCUT2D eigenvalue weighted by atomic mass is 10.0. The maximum absolute atomic E-state index is 13.5. The molecule has 162 valence electrons. The van der Waals surface area contributed by atoms with Gasteiger partial charge in [0.2, 0.25) is 5.91 Å². The fourth-order valence-corrected chi connectivity index (χ4v) is 3.82. The number of fused-ring (bicyclic) bond motifs is 1. The van der Waals surface area contributed by atoms with Crippen LogP contribution in [-0.2, 0) is 17.8 Å². The molecule has 32 heavy (non-hydrogen) atoms. The van der Waals surface area contributed by atoms with Crippen LogP contribution < -0.4 is 5.32 Å². The summed E-state index contributed by atoms with van der Waals surface area (Å²) in [6, 6.07) is 16.5. The number of rotatable bonds is 5. The highest BCUT2D eigenvalue weighted by Crippen LogP contribution is 2.29. The molecule has 3 aromatic rings. The average molecular weight is 451 g/mol. The minimum absolute atomic E-state index is 0.104. The molecule has 1 aliphatic rings. The van der Waals surface area contributed by atoms with Crippen LogP contribution in [0.2, 0.25) is 5.02 Å². The first-order chi connectivity index (χ1) is 15.3. The molecule has 0 radical (unpaired) electrons. The van der Waals surface area contributed by atoms with E-state index in [0.29, 0.717) is 21.8 Å². The summed E-state index contributed by atoms with van der Waals surface area (Å²) < 4.78 is 0. The second-order valence-corrected chi connectivity index (χ2v) is 7.94. The van der Waals surface area contributed by atoms with Gasteiger partial charge in [-0.3, -0.25) is 9.59 Å². The van der Waals surface area contributed by atoms with E-state index in [1.54, 1.807) is 36.4 Å². The van der Waals surface area contributed by atoms with Crippen molar-refractivity contribution in [2.75, 3.05) is 5.32 Å². The number of aromatic carboxylic acids is 1. The van der Waals surface area contributed by atoms with Crippen LogP contribution in [0.3, 0.4) is 0 Å². The molecule has 0 saturated carbocycles. The molecule has 0 aliphatic carbocycles. The molecule has 1 atom stereocenters. The number of phenols is 1. The second-order valence-electron chi connectivity index (χ2n) is 7.50. The van der Waals surface area contributed by atoms with E-state index in [1.165, 1.54) is 35.2 Å². The number of amides is 2. The normalized spacial score (nSPS) is 15.7. The van der Waals surface area contributed by atoms with Crippen molar-refractivity contribution in [1.82, 2.24) is 4.90 Å². The number of nitrogens with zero attached hydrogens (tertiary/aromatic N) is 1. The van der Waals surface area contributed by atoms with Gasteiger partial charge in [0, 0.05) is 18.0 Å². The minimum Gasteiger partial charge on any atom is -0.508 e. The molecule has 1 heterocycles. The molecular formula is C24H19ClN2O5. The SMILES string of the molecule is O=C(O)c1ccc(CN2C(=O)c3ccc(Cl)cc3NC(=O)C2Cc2ccc(O)cc2)cc1. The van der Waals surface area contributed by atoms with Gasteiger partial charge in [-0.25, -0.2) is 4.79 Å². The van der Waals surface area contributed by atoms with Gasteiger partial charge in [-0.2, -0.15) is 0 Å². The molecule has 1 aliphatic heterocycles. The largest absolute Gasteiger partial charge is 0.508 e. The van der Waals surface area contributed by atoms with Gasteiger partial charge in [0.05, 0.1) is 16.8 Å². The van der Waals surface area contributed by atoms with Crippen molar-refractivity contribution < 1.29 is 24.6 Å². The molecule has 0 spiro atoms. The summed E-state index contributed by atoms with van der Waals surface area (Å²) in [6.07, 6.45) is 0.229. The van der Waals surface area contributed by atoms with Crippen molar-refractivity contribution in [3.8, 4) is 5.75 Å². The molecule has 0 bridgehead atoms. The second kappa shape index (κ2) is 8.72. The van der Waals surface area contributed by atoms with Gasteiger partial charge >= 0.3 is 5.97 Å². The van der Waals surface area contributed by atoms with Gasteiger partial charge in [-0.1, -0.05) is 35.9 Å². The summed E-state index contributed by atoms with van der Waals surface area (Å²) in [5.41, 5.74) is 2.24.